The summed E-state index contributed by atoms with van der Waals surface area (Å²) in [5.41, 5.74) is 1.14. The quantitative estimate of drug-likeness (QED) is 0.289. The van der Waals surface area contributed by atoms with Crippen LogP contribution in [0, 0.1) is 11.5 Å². The fourth-order valence-corrected chi connectivity index (χ4v) is 4.38. The number of guanidine groups is 1. The van der Waals surface area contributed by atoms with Crippen molar-refractivity contribution >= 4 is 29.2 Å². The molecule has 35 heavy (non-hydrogen) atoms. The molecule has 0 bridgehead atoms. The summed E-state index contributed by atoms with van der Waals surface area (Å²) in [5.74, 6) is 0.164. The van der Waals surface area contributed by atoms with E-state index < -0.39 is 17.8 Å². The van der Waals surface area contributed by atoms with E-state index in [0.717, 1.165) is 17.7 Å². The topological polar surface area (TPSA) is 84.1 Å². The standard InChI is InChI=1S/C24H22ClF3N6O/c25-19-4-1-3-16(13-19)10-11-30-23(31-15-29)34-14-20(33-12-2-5-21(33)35)22(32-34)17-6-8-18(9-7-17)24(26,27)28/h1,3-4,6-9,13,20H,2,5,10-12,14H2,(H,30,31). The molecule has 0 spiro atoms. The molecule has 1 saturated heterocycles. The summed E-state index contributed by atoms with van der Waals surface area (Å²) in [5, 5.41) is 18.5. The van der Waals surface area contributed by atoms with Crippen molar-refractivity contribution in [3.8, 4) is 6.19 Å². The van der Waals surface area contributed by atoms with Crippen molar-refractivity contribution in [1.29, 1.82) is 5.26 Å². The zero-order valence-electron chi connectivity index (χ0n) is 18.6. The Bertz CT molecular complexity index is 1190. The van der Waals surface area contributed by atoms with Gasteiger partial charge in [0.25, 0.3) is 0 Å². The summed E-state index contributed by atoms with van der Waals surface area (Å²) in [6.07, 6.45) is -0.907. The van der Waals surface area contributed by atoms with Gasteiger partial charge in [-0.2, -0.15) is 23.5 Å². The third-order valence-corrected chi connectivity index (χ3v) is 6.08. The number of nitrogens with one attached hydrogen (secondary N) is 1. The summed E-state index contributed by atoms with van der Waals surface area (Å²) in [6.45, 7) is 1.11. The Hall–Kier alpha value is -3.58. The minimum Gasteiger partial charge on any atom is -0.332 e. The highest BCUT2D eigenvalue weighted by Crippen LogP contribution is 2.30. The zero-order chi connectivity index (χ0) is 25.0. The van der Waals surface area contributed by atoms with Crippen LogP contribution in [0.3, 0.4) is 0 Å². The molecule has 11 heteroatoms. The summed E-state index contributed by atoms with van der Waals surface area (Å²) in [4.78, 5) is 18.6. The van der Waals surface area contributed by atoms with Gasteiger partial charge in [0.15, 0.2) is 6.19 Å². The van der Waals surface area contributed by atoms with Gasteiger partial charge < -0.3 is 4.90 Å². The van der Waals surface area contributed by atoms with Crippen molar-refractivity contribution in [2.45, 2.75) is 31.5 Å². The second kappa shape index (κ2) is 10.4. The number of halogens is 4. The van der Waals surface area contributed by atoms with Gasteiger partial charge in [0, 0.05) is 24.5 Å². The molecule has 182 valence electrons. The van der Waals surface area contributed by atoms with Crippen LogP contribution >= 0.6 is 11.6 Å². The number of carbonyl (C=O) groups excluding carboxylic acids is 1. The molecule has 0 radical (unpaired) electrons. The Labute approximate surface area is 205 Å². The normalized spacial score (nSPS) is 18.6. The highest BCUT2D eigenvalue weighted by molar-refractivity contribution is 6.30. The number of nitrogens with zero attached hydrogens (tertiary/aromatic N) is 5. The molecule has 4 rings (SSSR count). The van der Waals surface area contributed by atoms with Gasteiger partial charge in [-0.05, 0) is 48.2 Å². The smallest absolute Gasteiger partial charge is 0.332 e. The number of likely N-dealkylation sites (tertiary alicyclic amines) is 1. The molecular weight excluding hydrogens is 481 g/mol. The highest BCUT2D eigenvalue weighted by Gasteiger charge is 2.39. The van der Waals surface area contributed by atoms with E-state index >= 15 is 0 Å². The Morgan fingerprint density at radius 3 is 2.66 bits per heavy atom. The lowest BCUT2D eigenvalue weighted by Gasteiger charge is -2.25. The molecule has 2 aromatic rings. The lowest BCUT2D eigenvalue weighted by Crippen LogP contribution is -2.45. The van der Waals surface area contributed by atoms with Crippen LogP contribution in [0.2, 0.25) is 5.02 Å². The van der Waals surface area contributed by atoms with Crippen molar-refractivity contribution in [3.05, 3.63) is 70.2 Å². The van der Waals surface area contributed by atoms with E-state index in [-0.39, 0.29) is 18.4 Å². The fraction of sp³-hybridized carbons (Fsp3) is 0.333. The van der Waals surface area contributed by atoms with Gasteiger partial charge in [0.1, 0.15) is 0 Å². The average molecular weight is 503 g/mol. The van der Waals surface area contributed by atoms with Gasteiger partial charge in [0.2, 0.25) is 11.9 Å². The lowest BCUT2D eigenvalue weighted by molar-refractivity contribution is -0.137. The first-order chi connectivity index (χ1) is 16.8. The van der Waals surface area contributed by atoms with Crippen LogP contribution in [-0.4, -0.2) is 53.2 Å². The molecule has 1 fully saturated rings. The molecule has 2 heterocycles. The maximum Gasteiger partial charge on any atom is 0.416 e. The van der Waals surface area contributed by atoms with E-state index in [1.807, 2.05) is 24.4 Å². The van der Waals surface area contributed by atoms with Gasteiger partial charge in [-0.1, -0.05) is 35.9 Å². The first-order valence-electron chi connectivity index (χ1n) is 11.0. The summed E-state index contributed by atoms with van der Waals surface area (Å²) >= 11 is 6.03. The largest absolute Gasteiger partial charge is 0.416 e. The van der Waals surface area contributed by atoms with Crippen molar-refractivity contribution in [3.63, 3.8) is 0 Å². The van der Waals surface area contributed by atoms with Crippen molar-refractivity contribution in [2.75, 3.05) is 19.6 Å². The van der Waals surface area contributed by atoms with Crippen LogP contribution in [-0.2, 0) is 17.4 Å². The molecule has 1 amide bonds. The molecule has 1 unspecified atom stereocenters. The van der Waals surface area contributed by atoms with E-state index in [1.54, 1.807) is 11.0 Å². The molecule has 1 N–H and O–H groups in total. The second-order valence-corrected chi connectivity index (χ2v) is 8.61. The monoisotopic (exact) mass is 502 g/mol. The number of rotatable bonds is 5. The predicted molar refractivity (Wildman–Crippen MR) is 126 cm³/mol. The van der Waals surface area contributed by atoms with E-state index in [1.165, 1.54) is 17.1 Å². The third-order valence-electron chi connectivity index (χ3n) is 5.85. The molecule has 0 aromatic heterocycles. The summed E-state index contributed by atoms with van der Waals surface area (Å²) < 4.78 is 39.1. The predicted octanol–water partition coefficient (Wildman–Crippen LogP) is 4.04. The number of hydrogen-bond acceptors (Lipinski definition) is 4. The first kappa shape index (κ1) is 24.5. The van der Waals surface area contributed by atoms with Gasteiger partial charge in [-0.15, -0.1) is 0 Å². The maximum absolute atomic E-state index is 13.0. The first-order valence-corrected chi connectivity index (χ1v) is 11.4. The van der Waals surface area contributed by atoms with Crippen LogP contribution < -0.4 is 5.32 Å². The van der Waals surface area contributed by atoms with Crippen LogP contribution in [0.5, 0.6) is 0 Å². The molecule has 2 aliphatic rings. The Morgan fingerprint density at radius 2 is 2.03 bits per heavy atom. The number of carbonyl (C=O) groups is 1. The van der Waals surface area contributed by atoms with Gasteiger partial charge in [0.05, 0.1) is 23.9 Å². The number of benzene rings is 2. The van der Waals surface area contributed by atoms with E-state index in [0.29, 0.717) is 48.6 Å². The molecule has 7 nitrogen and oxygen atoms in total. The third kappa shape index (κ3) is 5.74. The molecule has 0 saturated carbocycles. The number of hydrogen-bond donors (Lipinski definition) is 1. The Balaban J connectivity index is 1.60. The van der Waals surface area contributed by atoms with Gasteiger partial charge in [-0.25, -0.2) is 5.01 Å². The minimum atomic E-state index is -4.45. The molecular formula is C24H22ClF3N6O. The SMILES string of the molecule is N#CNC(=NCCc1cccc(Cl)c1)N1CC(N2CCCC2=O)C(c2ccc(C(F)(F)F)cc2)=N1. The number of alkyl halides is 3. The minimum absolute atomic E-state index is 0.0378. The Morgan fingerprint density at radius 1 is 1.26 bits per heavy atom. The number of aliphatic imine (C=N–C) groups is 1. The van der Waals surface area contributed by atoms with Crippen LogP contribution in [0.15, 0.2) is 58.6 Å². The molecule has 2 aromatic carbocycles. The van der Waals surface area contributed by atoms with E-state index in [2.05, 4.69) is 15.4 Å². The lowest BCUT2D eigenvalue weighted by atomic mass is 10.0. The highest BCUT2D eigenvalue weighted by atomic mass is 35.5. The second-order valence-electron chi connectivity index (χ2n) is 8.17. The van der Waals surface area contributed by atoms with E-state index in [4.69, 9.17) is 11.6 Å². The van der Waals surface area contributed by atoms with Crippen molar-refractivity contribution in [1.82, 2.24) is 15.2 Å². The van der Waals surface area contributed by atoms with Crippen molar-refractivity contribution < 1.29 is 18.0 Å². The number of nitriles is 1. The number of amides is 1. The van der Waals surface area contributed by atoms with Crippen LogP contribution in [0.4, 0.5) is 13.2 Å². The average Bonchev–Trinajstić information content (AvgIpc) is 3.44. The van der Waals surface area contributed by atoms with Gasteiger partial charge >= 0.3 is 6.18 Å². The Kier molecular flexibility index (Phi) is 7.26. The molecule has 1 atom stereocenters. The van der Waals surface area contributed by atoms with Crippen LogP contribution in [0.1, 0.15) is 29.5 Å². The van der Waals surface area contributed by atoms with Crippen molar-refractivity contribution in [2.24, 2.45) is 10.1 Å². The fourth-order valence-electron chi connectivity index (χ4n) is 4.17. The zero-order valence-corrected chi connectivity index (χ0v) is 19.4. The number of hydrazone groups is 1. The molecule has 0 aliphatic carbocycles. The molecule has 2 aliphatic heterocycles. The van der Waals surface area contributed by atoms with Crippen LogP contribution in [0.25, 0.3) is 0 Å². The summed E-state index contributed by atoms with van der Waals surface area (Å²) in [6, 6.07) is 11.6. The summed E-state index contributed by atoms with van der Waals surface area (Å²) in [7, 11) is 0. The maximum atomic E-state index is 13.0. The van der Waals surface area contributed by atoms with Gasteiger partial charge in [-0.3, -0.25) is 15.1 Å². The van der Waals surface area contributed by atoms with E-state index in [9.17, 15) is 23.2 Å².